The summed E-state index contributed by atoms with van der Waals surface area (Å²) in [6.45, 7) is 6.34. The van der Waals surface area contributed by atoms with Crippen molar-refractivity contribution in [3.05, 3.63) is 84.3 Å². The van der Waals surface area contributed by atoms with E-state index in [1.54, 1.807) is 43.9 Å². The number of benzene rings is 2. The van der Waals surface area contributed by atoms with Crippen LogP contribution in [0.5, 0.6) is 11.6 Å². The first-order valence-corrected chi connectivity index (χ1v) is 14.8. The third kappa shape index (κ3) is 7.12. The number of aromatic amines is 1. The van der Waals surface area contributed by atoms with Gasteiger partial charge >= 0.3 is 0 Å². The molecule has 2 N–H and O–H groups in total. The monoisotopic (exact) mass is 597 g/mol. The van der Waals surface area contributed by atoms with Crippen molar-refractivity contribution in [2.45, 2.75) is 32.9 Å². The molecule has 1 saturated heterocycles. The number of hydrogen-bond donors (Lipinski definition) is 2. The third-order valence-corrected chi connectivity index (χ3v) is 7.74. The van der Waals surface area contributed by atoms with Gasteiger partial charge in [0.2, 0.25) is 11.8 Å². The van der Waals surface area contributed by atoms with Gasteiger partial charge < -0.3 is 24.5 Å². The number of likely N-dealkylation sites (tertiary alicyclic amines) is 1. The van der Waals surface area contributed by atoms with Gasteiger partial charge in [0, 0.05) is 55.1 Å². The van der Waals surface area contributed by atoms with Gasteiger partial charge in [-0.3, -0.25) is 4.90 Å². The number of methoxy groups -OCH3 is 1. The molecule has 0 bridgehead atoms. The highest BCUT2D eigenvalue weighted by Crippen LogP contribution is 2.37. The number of hydrogen-bond acceptors (Lipinski definition) is 9. The van der Waals surface area contributed by atoms with Crippen molar-refractivity contribution in [2.24, 2.45) is 5.92 Å². The Kier molecular flexibility index (Phi) is 9.23. The summed E-state index contributed by atoms with van der Waals surface area (Å²) < 4.78 is 32.3. The second kappa shape index (κ2) is 13.8. The van der Waals surface area contributed by atoms with Crippen LogP contribution in [0.15, 0.2) is 67.1 Å². The average molecular weight is 598 g/mol. The van der Waals surface area contributed by atoms with Gasteiger partial charge in [-0.15, -0.1) is 0 Å². The molecule has 0 spiro atoms. The second-order valence-electron chi connectivity index (χ2n) is 11.0. The van der Waals surface area contributed by atoms with Crippen molar-refractivity contribution in [1.29, 1.82) is 0 Å². The molecule has 1 aliphatic rings. The normalized spacial score (nSPS) is 14.2. The maximum atomic E-state index is 15.4. The lowest BCUT2D eigenvalue weighted by atomic mass is 9.99. The fraction of sp³-hybridized carbons (Fsp3) is 0.333. The van der Waals surface area contributed by atoms with Crippen LogP contribution in [-0.4, -0.2) is 63.2 Å². The van der Waals surface area contributed by atoms with Crippen molar-refractivity contribution < 1.29 is 18.6 Å². The van der Waals surface area contributed by atoms with Crippen molar-refractivity contribution in [2.75, 3.05) is 38.7 Å². The van der Waals surface area contributed by atoms with Crippen molar-refractivity contribution >= 4 is 22.7 Å². The highest BCUT2D eigenvalue weighted by Gasteiger charge is 2.20. The lowest BCUT2D eigenvalue weighted by molar-refractivity contribution is 0.144. The minimum absolute atomic E-state index is 0.133. The smallest absolute Gasteiger partial charge is 0.232 e. The molecule has 0 saturated carbocycles. The van der Waals surface area contributed by atoms with Gasteiger partial charge in [-0.1, -0.05) is 19.1 Å². The first-order chi connectivity index (χ1) is 21.6. The molecule has 6 rings (SSSR count). The number of H-pyrrole nitrogens is 1. The number of nitrogens with one attached hydrogen (secondary N) is 2. The van der Waals surface area contributed by atoms with E-state index in [0.717, 1.165) is 31.2 Å². The quantitative estimate of drug-likeness (QED) is 0.164. The molecule has 1 fully saturated rings. The maximum Gasteiger partial charge on any atom is 0.232 e. The first-order valence-electron chi connectivity index (χ1n) is 14.8. The van der Waals surface area contributed by atoms with E-state index in [0.29, 0.717) is 52.2 Å². The maximum absolute atomic E-state index is 15.4. The summed E-state index contributed by atoms with van der Waals surface area (Å²) in [6, 6.07) is 14.8. The van der Waals surface area contributed by atoms with Gasteiger partial charge in [0.15, 0.2) is 5.82 Å². The molecule has 10 nitrogen and oxygen atoms in total. The van der Waals surface area contributed by atoms with Crippen LogP contribution < -0.4 is 14.8 Å². The molecule has 0 unspecified atom stereocenters. The van der Waals surface area contributed by atoms with Crippen LogP contribution in [0.2, 0.25) is 0 Å². The van der Waals surface area contributed by atoms with Gasteiger partial charge in [0.1, 0.15) is 30.4 Å². The minimum Gasteiger partial charge on any atom is -0.486 e. The number of ether oxygens (including phenoxy) is 3. The largest absolute Gasteiger partial charge is 0.486 e. The number of fused-ring (bicyclic) bond motifs is 1. The Bertz CT molecular complexity index is 1670. The molecular weight excluding hydrogens is 561 g/mol. The SMILES string of the molecule is COCCOc1nc(Nc2ccc(CN3CCC(C)CC3)cc2)nc2[nH]cc(-c3ccc(OCc4ncccn4)cc3F)c12. The van der Waals surface area contributed by atoms with E-state index in [-0.39, 0.29) is 13.2 Å². The van der Waals surface area contributed by atoms with E-state index in [4.69, 9.17) is 14.2 Å². The van der Waals surface area contributed by atoms with Crippen molar-refractivity contribution in [3.63, 3.8) is 0 Å². The molecule has 1 aliphatic heterocycles. The number of nitrogens with zero attached hydrogens (tertiary/aromatic N) is 5. The number of halogens is 1. The zero-order chi connectivity index (χ0) is 30.3. The first kappa shape index (κ1) is 29.5. The molecule has 5 aromatic rings. The van der Waals surface area contributed by atoms with Gasteiger partial charge in [0.25, 0.3) is 0 Å². The second-order valence-corrected chi connectivity index (χ2v) is 11.0. The van der Waals surface area contributed by atoms with Crippen molar-refractivity contribution in [3.8, 4) is 22.8 Å². The average Bonchev–Trinajstić information content (AvgIpc) is 3.47. The van der Waals surface area contributed by atoms with Crippen molar-refractivity contribution in [1.82, 2.24) is 29.8 Å². The van der Waals surface area contributed by atoms with Crippen LogP contribution in [-0.2, 0) is 17.9 Å². The lowest BCUT2D eigenvalue weighted by Crippen LogP contribution is -2.32. The summed E-state index contributed by atoms with van der Waals surface area (Å²) in [7, 11) is 1.60. The van der Waals surface area contributed by atoms with Gasteiger partial charge in [-0.2, -0.15) is 9.97 Å². The van der Waals surface area contributed by atoms with Gasteiger partial charge in [-0.05, 0) is 67.7 Å². The molecule has 44 heavy (non-hydrogen) atoms. The number of piperidine rings is 1. The van der Waals surface area contributed by atoms with E-state index >= 15 is 4.39 Å². The standard InChI is InChI=1S/C33H36FN7O3/c1-22-10-14-41(15-11-22)20-23-4-6-24(7-5-23)38-33-39-31-30(32(40-33)43-17-16-42-2)27(19-37-31)26-9-8-25(18-28(26)34)44-21-29-35-12-3-13-36-29/h3-9,12-13,18-19,22H,10-11,14-17,20-21H2,1-2H3,(H2,37,38,39,40). The Balaban J connectivity index is 1.21. The predicted molar refractivity (Wildman–Crippen MR) is 166 cm³/mol. The molecule has 0 aliphatic carbocycles. The van der Waals surface area contributed by atoms with Crippen LogP contribution in [0.1, 0.15) is 31.2 Å². The highest BCUT2D eigenvalue weighted by molar-refractivity contribution is 5.98. The zero-order valence-corrected chi connectivity index (χ0v) is 24.9. The summed E-state index contributed by atoms with van der Waals surface area (Å²) in [6.07, 6.45) is 7.49. The van der Waals surface area contributed by atoms with Crippen LogP contribution in [0.25, 0.3) is 22.2 Å². The van der Waals surface area contributed by atoms with E-state index in [1.165, 1.54) is 24.5 Å². The minimum atomic E-state index is -0.457. The fourth-order valence-electron chi connectivity index (χ4n) is 5.25. The Morgan fingerprint density at radius 1 is 0.977 bits per heavy atom. The lowest BCUT2D eigenvalue weighted by Gasteiger charge is -2.30. The zero-order valence-electron chi connectivity index (χ0n) is 24.9. The highest BCUT2D eigenvalue weighted by atomic mass is 19.1. The topological polar surface area (TPSA) is 110 Å². The summed E-state index contributed by atoms with van der Waals surface area (Å²) in [5.41, 5.74) is 3.58. The molecular formula is C33H36FN7O3. The van der Waals surface area contributed by atoms with Crippen LogP contribution in [0.3, 0.4) is 0 Å². The van der Waals surface area contributed by atoms with E-state index in [2.05, 4.69) is 54.2 Å². The number of rotatable bonds is 12. The molecule has 0 atom stereocenters. The van der Waals surface area contributed by atoms with E-state index in [9.17, 15) is 0 Å². The van der Waals surface area contributed by atoms with E-state index in [1.807, 2.05) is 12.1 Å². The van der Waals surface area contributed by atoms with Crippen LogP contribution in [0.4, 0.5) is 16.0 Å². The number of aromatic nitrogens is 5. The Hall–Kier alpha value is -4.61. The summed E-state index contributed by atoms with van der Waals surface area (Å²) in [4.78, 5) is 23.3. The third-order valence-electron chi connectivity index (χ3n) is 7.74. The fourth-order valence-corrected chi connectivity index (χ4v) is 5.25. The van der Waals surface area contributed by atoms with Crippen LogP contribution in [0, 0.1) is 11.7 Å². The molecule has 3 aromatic heterocycles. The van der Waals surface area contributed by atoms with Gasteiger partial charge in [0.05, 0.1) is 12.0 Å². The Morgan fingerprint density at radius 2 is 1.77 bits per heavy atom. The number of anilines is 2. The summed E-state index contributed by atoms with van der Waals surface area (Å²) >= 11 is 0. The van der Waals surface area contributed by atoms with Gasteiger partial charge in [-0.25, -0.2) is 14.4 Å². The molecule has 228 valence electrons. The Morgan fingerprint density at radius 3 is 2.52 bits per heavy atom. The predicted octanol–water partition coefficient (Wildman–Crippen LogP) is 6.13. The molecule has 11 heteroatoms. The Labute approximate surface area is 255 Å². The van der Waals surface area contributed by atoms with Crippen LogP contribution >= 0.6 is 0 Å². The summed E-state index contributed by atoms with van der Waals surface area (Å²) in [5, 5.41) is 3.86. The summed E-state index contributed by atoms with van der Waals surface area (Å²) in [5.74, 6) is 1.92. The molecule has 0 radical (unpaired) electrons. The molecule has 0 amide bonds. The molecule has 2 aromatic carbocycles. The molecule has 4 heterocycles. The van der Waals surface area contributed by atoms with E-state index < -0.39 is 5.82 Å².